The van der Waals surface area contributed by atoms with Crippen molar-refractivity contribution in [2.75, 3.05) is 22.6 Å². The van der Waals surface area contributed by atoms with Crippen molar-refractivity contribution in [2.45, 2.75) is 26.8 Å². The second kappa shape index (κ2) is 12.7. The molecule has 5 rings (SSSR count). The van der Waals surface area contributed by atoms with Gasteiger partial charge < -0.3 is 14.8 Å². The lowest BCUT2D eigenvalue weighted by molar-refractivity contribution is -0.274. The highest BCUT2D eigenvalue weighted by Gasteiger charge is 2.32. The summed E-state index contributed by atoms with van der Waals surface area (Å²) in [7, 11) is 0. The molecule has 0 saturated carbocycles. The molecule has 1 N–H and O–H groups in total. The second-order valence-electron chi connectivity index (χ2n) is 9.28. The number of alkyl halides is 3. The minimum absolute atomic E-state index is 0.162. The van der Waals surface area contributed by atoms with Gasteiger partial charge in [0.05, 0.1) is 29.9 Å². The van der Waals surface area contributed by atoms with Crippen LogP contribution in [0.2, 0.25) is 0 Å². The summed E-state index contributed by atoms with van der Waals surface area (Å²) >= 11 is 1.18. The van der Waals surface area contributed by atoms with Gasteiger partial charge in [0.15, 0.2) is 5.17 Å². The lowest BCUT2D eigenvalue weighted by Gasteiger charge is -2.20. The molecule has 1 aromatic heterocycles. The number of aryl methyl sites for hydroxylation is 1. The van der Waals surface area contributed by atoms with E-state index in [0.717, 1.165) is 11.1 Å². The van der Waals surface area contributed by atoms with Gasteiger partial charge in [-0.2, -0.15) is 4.99 Å². The quantitative estimate of drug-likeness (QED) is 0.248. The van der Waals surface area contributed by atoms with Crippen LogP contribution < -0.4 is 15.0 Å². The fourth-order valence-corrected chi connectivity index (χ4v) is 5.04. The molecule has 10 nitrogen and oxygen atoms in total. The van der Waals surface area contributed by atoms with Crippen molar-refractivity contribution in [1.29, 1.82) is 0 Å². The fourth-order valence-electron chi connectivity index (χ4n) is 4.18. The van der Waals surface area contributed by atoms with E-state index in [1.165, 1.54) is 45.6 Å². The SMILES string of the molecule is CCOCc1ccc(C)cc1N1C(=O)CS/C1=N\C(=O)Nc1ccc(-c2cn(-c3ccc(OC(F)(F)F)cc3)nn2)cc1. The number of ether oxygens (including phenoxy) is 2. The zero-order valence-electron chi connectivity index (χ0n) is 23.0. The Kier molecular flexibility index (Phi) is 8.78. The van der Waals surface area contributed by atoms with Gasteiger partial charge in [0, 0.05) is 23.4 Å². The highest BCUT2D eigenvalue weighted by molar-refractivity contribution is 8.15. The fraction of sp³-hybridized carbons (Fsp3) is 0.207. The van der Waals surface area contributed by atoms with Crippen LogP contribution in [-0.4, -0.2) is 50.8 Å². The molecule has 14 heteroatoms. The summed E-state index contributed by atoms with van der Waals surface area (Å²) in [6.45, 7) is 4.66. The van der Waals surface area contributed by atoms with E-state index in [4.69, 9.17) is 4.74 Å². The Labute approximate surface area is 248 Å². The number of urea groups is 1. The van der Waals surface area contributed by atoms with Gasteiger partial charge in [0.1, 0.15) is 11.4 Å². The van der Waals surface area contributed by atoms with Gasteiger partial charge in [-0.3, -0.25) is 9.69 Å². The van der Waals surface area contributed by atoms with E-state index < -0.39 is 12.4 Å². The van der Waals surface area contributed by atoms with Gasteiger partial charge in [-0.15, -0.1) is 18.3 Å². The third-order valence-electron chi connectivity index (χ3n) is 6.17. The average Bonchev–Trinajstić information content (AvgIpc) is 3.59. The number of thioether (sulfide) groups is 1. The van der Waals surface area contributed by atoms with E-state index in [1.807, 2.05) is 32.0 Å². The maximum atomic E-state index is 12.8. The van der Waals surface area contributed by atoms with Crippen molar-refractivity contribution < 1.29 is 32.2 Å². The average molecular weight is 611 g/mol. The number of benzene rings is 3. The summed E-state index contributed by atoms with van der Waals surface area (Å²) in [5.41, 5.74) is 4.57. The van der Waals surface area contributed by atoms with E-state index in [2.05, 4.69) is 25.4 Å². The summed E-state index contributed by atoms with van der Waals surface area (Å²) in [5, 5.41) is 11.1. The number of carbonyl (C=O) groups is 2. The number of amides is 3. The Balaban J connectivity index is 1.26. The first-order valence-electron chi connectivity index (χ1n) is 13.0. The Morgan fingerprint density at radius 1 is 1.09 bits per heavy atom. The van der Waals surface area contributed by atoms with Crippen molar-refractivity contribution >= 4 is 40.2 Å². The Bertz CT molecular complexity index is 1660. The number of hydrogen-bond donors (Lipinski definition) is 1. The number of aliphatic imine (C=N–C) groups is 1. The molecule has 0 radical (unpaired) electrons. The molecule has 4 aromatic rings. The maximum Gasteiger partial charge on any atom is 0.573 e. The van der Waals surface area contributed by atoms with E-state index in [-0.39, 0.29) is 22.6 Å². The topological polar surface area (TPSA) is 111 Å². The molecule has 3 amide bonds. The summed E-state index contributed by atoms with van der Waals surface area (Å²) in [5.74, 6) is -0.357. The van der Waals surface area contributed by atoms with Gasteiger partial charge in [0.2, 0.25) is 5.91 Å². The lowest BCUT2D eigenvalue weighted by Crippen LogP contribution is -2.31. The van der Waals surface area contributed by atoms with Crippen LogP contribution in [0.3, 0.4) is 0 Å². The van der Waals surface area contributed by atoms with Gasteiger partial charge in [-0.05, 0) is 61.9 Å². The Morgan fingerprint density at radius 2 is 1.84 bits per heavy atom. The minimum atomic E-state index is -4.77. The number of nitrogens with one attached hydrogen (secondary N) is 1. The molecule has 2 heterocycles. The number of halogens is 3. The van der Waals surface area contributed by atoms with Crippen molar-refractivity contribution in [1.82, 2.24) is 15.0 Å². The molecule has 1 aliphatic heterocycles. The van der Waals surface area contributed by atoms with E-state index in [9.17, 15) is 22.8 Å². The highest BCUT2D eigenvalue weighted by atomic mass is 32.2. The predicted octanol–water partition coefficient (Wildman–Crippen LogP) is 6.35. The number of anilines is 2. The summed E-state index contributed by atoms with van der Waals surface area (Å²) < 4.78 is 48.1. The predicted molar refractivity (Wildman–Crippen MR) is 156 cm³/mol. The third-order valence-corrected chi connectivity index (χ3v) is 7.09. The first-order chi connectivity index (χ1) is 20.6. The minimum Gasteiger partial charge on any atom is -0.406 e. The first-order valence-corrected chi connectivity index (χ1v) is 14.0. The van der Waals surface area contributed by atoms with Crippen LogP contribution in [0, 0.1) is 6.92 Å². The highest BCUT2D eigenvalue weighted by Crippen LogP contribution is 2.31. The molecule has 0 bridgehead atoms. The molecule has 0 atom stereocenters. The smallest absolute Gasteiger partial charge is 0.406 e. The van der Waals surface area contributed by atoms with Crippen molar-refractivity contribution in [3.05, 3.63) is 84.1 Å². The van der Waals surface area contributed by atoms with Crippen LogP contribution in [-0.2, 0) is 16.1 Å². The number of rotatable bonds is 8. The normalized spacial score (nSPS) is 14.4. The van der Waals surface area contributed by atoms with Crippen LogP contribution in [0.25, 0.3) is 16.9 Å². The van der Waals surface area contributed by atoms with Gasteiger partial charge in [-0.1, -0.05) is 41.2 Å². The van der Waals surface area contributed by atoms with Crippen LogP contribution in [0.5, 0.6) is 5.75 Å². The molecule has 0 unspecified atom stereocenters. The number of nitrogens with zero attached hydrogens (tertiary/aromatic N) is 5. The monoisotopic (exact) mass is 610 g/mol. The number of hydrogen-bond acceptors (Lipinski definition) is 7. The van der Waals surface area contributed by atoms with Gasteiger partial charge in [0.25, 0.3) is 0 Å². The maximum absolute atomic E-state index is 12.8. The van der Waals surface area contributed by atoms with Crippen molar-refractivity contribution in [2.24, 2.45) is 4.99 Å². The van der Waals surface area contributed by atoms with E-state index in [0.29, 0.717) is 41.5 Å². The Hall–Kier alpha value is -4.69. The van der Waals surface area contributed by atoms with Crippen LogP contribution in [0.4, 0.5) is 29.3 Å². The molecule has 1 fully saturated rings. The zero-order valence-corrected chi connectivity index (χ0v) is 23.8. The second-order valence-corrected chi connectivity index (χ2v) is 10.2. The summed E-state index contributed by atoms with van der Waals surface area (Å²) in [6.07, 6.45) is -3.16. The largest absolute Gasteiger partial charge is 0.573 e. The summed E-state index contributed by atoms with van der Waals surface area (Å²) in [6, 6.07) is 17.1. The zero-order chi connectivity index (χ0) is 30.6. The molecule has 0 spiro atoms. The molecule has 222 valence electrons. The standard InChI is InChI=1S/C29H25F3N6O4S/c1-3-41-16-20-5-4-18(2)14-25(20)38-26(39)17-43-28(38)34-27(40)33-21-8-6-19(7-9-21)24-15-37(36-35-24)22-10-12-23(13-11-22)42-29(30,31)32/h4-15H,3,16-17H2,1-2H3,(H,33,40)/b34-28-. The summed E-state index contributed by atoms with van der Waals surface area (Å²) in [4.78, 5) is 31.2. The number of amidine groups is 1. The van der Waals surface area contributed by atoms with Crippen LogP contribution >= 0.6 is 11.8 Å². The van der Waals surface area contributed by atoms with E-state index in [1.54, 1.807) is 30.5 Å². The van der Waals surface area contributed by atoms with Crippen molar-refractivity contribution in [3.8, 4) is 22.7 Å². The third kappa shape index (κ3) is 7.40. The molecular formula is C29H25F3N6O4S. The molecular weight excluding hydrogens is 585 g/mol. The molecule has 43 heavy (non-hydrogen) atoms. The van der Waals surface area contributed by atoms with Crippen LogP contribution in [0.15, 0.2) is 77.9 Å². The van der Waals surface area contributed by atoms with Gasteiger partial charge in [-0.25, -0.2) is 9.48 Å². The number of aromatic nitrogens is 3. The Morgan fingerprint density at radius 3 is 2.53 bits per heavy atom. The van der Waals surface area contributed by atoms with E-state index >= 15 is 0 Å². The number of carbonyl (C=O) groups excluding carboxylic acids is 2. The molecule has 0 aliphatic carbocycles. The molecule has 1 saturated heterocycles. The first kappa shape index (κ1) is 29.8. The lowest BCUT2D eigenvalue weighted by atomic mass is 10.1. The molecule has 1 aliphatic rings. The van der Waals surface area contributed by atoms with Gasteiger partial charge >= 0.3 is 12.4 Å². The van der Waals surface area contributed by atoms with Crippen LogP contribution in [0.1, 0.15) is 18.1 Å². The van der Waals surface area contributed by atoms with Crippen molar-refractivity contribution in [3.63, 3.8) is 0 Å². The molecule has 3 aromatic carbocycles.